The molecule has 0 aromatic heterocycles. The molecule has 2 saturated heterocycles. The first-order valence-electron chi connectivity index (χ1n) is 8.00. The van der Waals surface area contributed by atoms with E-state index in [1.165, 1.54) is 6.42 Å². The molecule has 0 radical (unpaired) electrons. The molecule has 2 aliphatic heterocycles. The molecule has 0 bridgehead atoms. The van der Waals surface area contributed by atoms with Crippen molar-refractivity contribution in [1.29, 1.82) is 0 Å². The normalized spacial score (nSPS) is 40.0. The Bertz CT molecular complexity index is 333. The molecule has 3 atom stereocenters. The highest BCUT2D eigenvalue weighted by Crippen LogP contribution is 2.38. The SMILES string of the molecule is CC1CN(C)CCCN1C1CC2(CCC1O)OCCO2. The zero-order valence-corrected chi connectivity index (χ0v) is 12.8. The van der Waals surface area contributed by atoms with Crippen LogP contribution in [-0.4, -0.2) is 78.8 Å². The third-order valence-electron chi connectivity index (χ3n) is 5.12. The van der Waals surface area contributed by atoms with Gasteiger partial charge in [0.25, 0.3) is 0 Å². The van der Waals surface area contributed by atoms with E-state index in [1.54, 1.807) is 0 Å². The molecule has 20 heavy (non-hydrogen) atoms. The molecule has 3 fully saturated rings. The molecule has 3 rings (SSSR count). The van der Waals surface area contributed by atoms with Gasteiger partial charge < -0.3 is 19.5 Å². The van der Waals surface area contributed by atoms with Crippen molar-refractivity contribution in [2.75, 3.05) is 39.9 Å². The average molecular weight is 284 g/mol. The molecule has 3 aliphatic rings. The summed E-state index contributed by atoms with van der Waals surface area (Å²) in [6.07, 6.45) is 3.33. The first-order valence-corrected chi connectivity index (χ1v) is 8.00. The van der Waals surface area contributed by atoms with Crippen molar-refractivity contribution >= 4 is 0 Å². The van der Waals surface area contributed by atoms with E-state index >= 15 is 0 Å². The summed E-state index contributed by atoms with van der Waals surface area (Å²) in [6.45, 7) is 6.93. The fourth-order valence-electron chi connectivity index (χ4n) is 4.10. The second-order valence-electron chi connectivity index (χ2n) is 6.69. The van der Waals surface area contributed by atoms with Gasteiger partial charge in [0, 0.05) is 38.0 Å². The Kier molecular flexibility index (Phi) is 4.34. The number of likely N-dealkylation sites (N-methyl/N-ethyl adjacent to an activating group) is 1. The van der Waals surface area contributed by atoms with Crippen LogP contribution in [0.3, 0.4) is 0 Å². The Morgan fingerprint density at radius 2 is 1.95 bits per heavy atom. The van der Waals surface area contributed by atoms with Crippen molar-refractivity contribution in [3.05, 3.63) is 0 Å². The zero-order valence-electron chi connectivity index (χ0n) is 12.8. The zero-order chi connectivity index (χ0) is 14.2. The van der Waals surface area contributed by atoms with Gasteiger partial charge >= 0.3 is 0 Å². The number of aliphatic hydroxyl groups excluding tert-OH is 1. The van der Waals surface area contributed by atoms with E-state index < -0.39 is 5.79 Å². The van der Waals surface area contributed by atoms with Gasteiger partial charge in [0.15, 0.2) is 5.79 Å². The van der Waals surface area contributed by atoms with Gasteiger partial charge in [-0.25, -0.2) is 0 Å². The molecule has 116 valence electrons. The highest BCUT2D eigenvalue weighted by Gasteiger charge is 2.47. The summed E-state index contributed by atoms with van der Waals surface area (Å²) < 4.78 is 11.7. The van der Waals surface area contributed by atoms with Crippen LogP contribution in [0.2, 0.25) is 0 Å². The van der Waals surface area contributed by atoms with Crippen LogP contribution in [0.4, 0.5) is 0 Å². The summed E-state index contributed by atoms with van der Waals surface area (Å²) in [7, 11) is 2.18. The van der Waals surface area contributed by atoms with Gasteiger partial charge in [-0.05, 0) is 33.4 Å². The van der Waals surface area contributed by atoms with E-state index in [4.69, 9.17) is 9.47 Å². The lowest BCUT2D eigenvalue weighted by atomic mass is 9.85. The second-order valence-corrected chi connectivity index (χ2v) is 6.69. The third-order valence-corrected chi connectivity index (χ3v) is 5.12. The Hall–Kier alpha value is -0.200. The lowest BCUT2D eigenvalue weighted by Gasteiger charge is -2.45. The molecule has 0 aromatic rings. The average Bonchev–Trinajstić information content (AvgIpc) is 2.79. The number of ether oxygens (including phenoxy) is 2. The van der Waals surface area contributed by atoms with Crippen molar-refractivity contribution in [3.63, 3.8) is 0 Å². The number of aliphatic hydroxyl groups is 1. The minimum atomic E-state index is -0.415. The maximum absolute atomic E-state index is 10.5. The molecule has 1 N–H and O–H groups in total. The standard InChI is InChI=1S/C15H28N2O3/c1-12-11-16(2)6-3-7-17(12)13-10-15(5-4-14(13)18)19-8-9-20-15/h12-14,18H,3-11H2,1-2H3. The van der Waals surface area contributed by atoms with E-state index in [2.05, 4.69) is 23.8 Å². The second kappa shape index (κ2) is 5.89. The molecule has 5 heteroatoms. The summed E-state index contributed by atoms with van der Waals surface area (Å²) in [5.74, 6) is -0.415. The first-order chi connectivity index (χ1) is 9.60. The monoisotopic (exact) mass is 284 g/mol. The number of hydrogen-bond acceptors (Lipinski definition) is 5. The van der Waals surface area contributed by atoms with Crippen LogP contribution in [0, 0.1) is 0 Å². The van der Waals surface area contributed by atoms with Gasteiger partial charge in [0.2, 0.25) is 0 Å². The number of nitrogens with zero attached hydrogens (tertiary/aromatic N) is 2. The van der Waals surface area contributed by atoms with Crippen molar-refractivity contribution in [3.8, 4) is 0 Å². The van der Waals surface area contributed by atoms with Crippen LogP contribution in [0.5, 0.6) is 0 Å². The van der Waals surface area contributed by atoms with Crippen LogP contribution in [0.15, 0.2) is 0 Å². The van der Waals surface area contributed by atoms with Crippen LogP contribution in [0.1, 0.15) is 32.6 Å². The van der Waals surface area contributed by atoms with Gasteiger partial charge in [-0.1, -0.05) is 0 Å². The fourth-order valence-corrected chi connectivity index (χ4v) is 4.10. The van der Waals surface area contributed by atoms with Crippen molar-refractivity contribution in [2.45, 2.75) is 56.6 Å². The first kappa shape index (κ1) is 14.7. The van der Waals surface area contributed by atoms with Crippen LogP contribution < -0.4 is 0 Å². The van der Waals surface area contributed by atoms with Crippen LogP contribution in [0.25, 0.3) is 0 Å². The van der Waals surface area contributed by atoms with Gasteiger partial charge in [-0.2, -0.15) is 0 Å². The van der Waals surface area contributed by atoms with E-state index in [9.17, 15) is 5.11 Å². The highest BCUT2D eigenvalue weighted by molar-refractivity contribution is 4.95. The van der Waals surface area contributed by atoms with E-state index in [1.807, 2.05) is 0 Å². The van der Waals surface area contributed by atoms with Crippen LogP contribution >= 0.6 is 0 Å². The van der Waals surface area contributed by atoms with Crippen molar-refractivity contribution < 1.29 is 14.6 Å². The summed E-state index contributed by atoms with van der Waals surface area (Å²) in [4.78, 5) is 4.87. The Balaban J connectivity index is 1.72. The van der Waals surface area contributed by atoms with Crippen LogP contribution in [-0.2, 0) is 9.47 Å². The molecule has 0 amide bonds. The van der Waals surface area contributed by atoms with Gasteiger partial charge in [0.05, 0.1) is 19.3 Å². The lowest BCUT2D eigenvalue weighted by molar-refractivity contribution is -0.207. The molecule has 1 saturated carbocycles. The maximum atomic E-state index is 10.5. The molecule has 1 aliphatic carbocycles. The quantitative estimate of drug-likeness (QED) is 0.767. The van der Waals surface area contributed by atoms with Gasteiger partial charge in [-0.15, -0.1) is 0 Å². The molecule has 0 aromatic carbocycles. The van der Waals surface area contributed by atoms with Gasteiger partial charge in [0.1, 0.15) is 0 Å². The Morgan fingerprint density at radius 1 is 1.20 bits per heavy atom. The topological polar surface area (TPSA) is 45.2 Å². The lowest BCUT2D eigenvalue weighted by Crippen LogP contribution is -2.56. The predicted molar refractivity (Wildman–Crippen MR) is 76.6 cm³/mol. The predicted octanol–water partition coefficient (Wildman–Crippen LogP) is 0.669. The van der Waals surface area contributed by atoms with Crippen molar-refractivity contribution in [2.24, 2.45) is 0 Å². The molecule has 1 spiro atoms. The fraction of sp³-hybridized carbons (Fsp3) is 1.00. The minimum Gasteiger partial charge on any atom is -0.391 e. The number of hydrogen-bond donors (Lipinski definition) is 1. The van der Waals surface area contributed by atoms with E-state index in [-0.39, 0.29) is 12.1 Å². The Labute approximate surface area is 121 Å². The maximum Gasteiger partial charge on any atom is 0.170 e. The smallest absolute Gasteiger partial charge is 0.170 e. The van der Waals surface area contributed by atoms with Gasteiger partial charge in [-0.3, -0.25) is 4.90 Å². The molecule has 3 unspecified atom stereocenters. The van der Waals surface area contributed by atoms with Crippen molar-refractivity contribution in [1.82, 2.24) is 9.80 Å². The summed E-state index contributed by atoms with van der Waals surface area (Å²) in [6, 6.07) is 0.641. The minimum absolute atomic E-state index is 0.170. The molecule has 2 heterocycles. The summed E-state index contributed by atoms with van der Waals surface area (Å²) in [5.41, 5.74) is 0. The third kappa shape index (κ3) is 2.88. The Morgan fingerprint density at radius 3 is 2.70 bits per heavy atom. The summed E-state index contributed by atoms with van der Waals surface area (Å²) >= 11 is 0. The largest absolute Gasteiger partial charge is 0.391 e. The van der Waals surface area contributed by atoms with E-state index in [0.717, 1.165) is 38.9 Å². The molecular formula is C15H28N2O3. The summed E-state index contributed by atoms with van der Waals surface area (Å²) in [5, 5.41) is 10.5. The molecule has 5 nitrogen and oxygen atoms in total. The number of rotatable bonds is 1. The van der Waals surface area contributed by atoms with E-state index in [0.29, 0.717) is 19.3 Å². The molecular weight excluding hydrogens is 256 g/mol. The highest BCUT2D eigenvalue weighted by atomic mass is 16.7.